The molecule has 2 saturated carbocycles. The van der Waals surface area contributed by atoms with Gasteiger partial charge < -0.3 is 19.5 Å². The molecule has 0 spiro atoms. The zero-order chi connectivity index (χ0) is 20.7. The largest absolute Gasteiger partial charge is 0.462 e. The quantitative estimate of drug-likeness (QED) is 0.388. The molecule has 3 aliphatic rings. The zero-order valence-corrected chi connectivity index (χ0v) is 17.2. The van der Waals surface area contributed by atoms with Crippen LogP contribution in [0.25, 0.3) is 0 Å². The van der Waals surface area contributed by atoms with Crippen molar-refractivity contribution in [2.24, 2.45) is 23.7 Å². The molecule has 1 aliphatic heterocycles. The molecule has 1 aromatic rings. The monoisotopic (exact) mass is 465 g/mol. The lowest BCUT2D eigenvalue weighted by Gasteiger charge is -2.26. The SMILES string of the molecule is CCOC(=O)c1ccc(NC(=O)COC(=O)[C@@H]2[C@H]3C[C@H]4[C@H](OC(=O)[C@H]42)[C@H]3Br)cc1. The minimum absolute atomic E-state index is 0.0209. The minimum atomic E-state index is -0.577. The fourth-order valence-electron chi connectivity index (χ4n) is 4.63. The number of ether oxygens (including phenoxy) is 3. The van der Waals surface area contributed by atoms with E-state index in [-0.39, 0.29) is 35.3 Å². The number of anilines is 1. The van der Waals surface area contributed by atoms with Crippen molar-refractivity contribution in [2.75, 3.05) is 18.5 Å². The average Bonchev–Trinajstić information content (AvgIpc) is 3.31. The summed E-state index contributed by atoms with van der Waals surface area (Å²) in [6.07, 6.45) is 0.581. The third-order valence-electron chi connectivity index (χ3n) is 5.82. The number of carbonyl (C=O) groups is 4. The lowest BCUT2D eigenvalue weighted by Crippen LogP contribution is -2.39. The smallest absolute Gasteiger partial charge is 0.338 e. The fourth-order valence-corrected chi connectivity index (χ4v) is 5.67. The van der Waals surface area contributed by atoms with Crippen LogP contribution in [0, 0.1) is 23.7 Å². The van der Waals surface area contributed by atoms with Crippen molar-refractivity contribution in [2.45, 2.75) is 24.3 Å². The Morgan fingerprint density at radius 1 is 1.17 bits per heavy atom. The molecule has 0 unspecified atom stereocenters. The molecule has 2 aliphatic carbocycles. The maximum Gasteiger partial charge on any atom is 0.338 e. The van der Waals surface area contributed by atoms with Crippen molar-refractivity contribution in [1.29, 1.82) is 0 Å². The number of amides is 1. The van der Waals surface area contributed by atoms with Gasteiger partial charge in [0.25, 0.3) is 5.91 Å². The Morgan fingerprint density at radius 2 is 1.90 bits per heavy atom. The number of alkyl halides is 1. The van der Waals surface area contributed by atoms with Gasteiger partial charge in [-0.05, 0) is 43.5 Å². The van der Waals surface area contributed by atoms with E-state index in [2.05, 4.69) is 21.2 Å². The number of benzene rings is 1. The van der Waals surface area contributed by atoms with E-state index < -0.39 is 36.3 Å². The second-order valence-electron chi connectivity index (χ2n) is 7.41. The lowest BCUT2D eigenvalue weighted by molar-refractivity contribution is -0.157. The van der Waals surface area contributed by atoms with Crippen LogP contribution >= 0.6 is 15.9 Å². The number of halogens is 1. The van der Waals surface area contributed by atoms with E-state index in [0.717, 1.165) is 6.42 Å². The molecular weight excluding hydrogens is 446 g/mol. The predicted molar refractivity (Wildman–Crippen MR) is 103 cm³/mol. The van der Waals surface area contributed by atoms with Crippen LogP contribution < -0.4 is 5.32 Å². The molecule has 8 nitrogen and oxygen atoms in total. The molecule has 0 radical (unpaired) electrons. The van der Waals surface area contributed by atoms with Crippen LogP contribution in [0.5, 0.6) is 0 Å². The highest BCUT2D eigenvalue weighted by atomic mass is 79.9. The summed E-state index contributed by atoms with van der Waals surface area (Å²) in [5.74, 6) is -2.86. The van der Waals surface area contributed by atoms with Crippen LogP contribution in [0.1, 0.15) is 23.7 Å². The summed E-state index contributed by atoms with van der Waals surface area (Å²) in [5, 5.41) is 2.60. The third kappa shape index (κ3) is 3.52. The number of esters is 3. The van der Waals surface area contributed by atoms with Gasteiger partial charge in [-0.3, -0.25) is 14.4 Å². The average molecular weight is 466 g/mol. The van der Waals surface area contributed by atoms with Crippen LogP contribution in [0.3, 0.4) is 0 Å². The summed E-state index contributed by atoms with van der Waals surface area (Å²) in [6, 6.07) is 6.19. The second-order valence-corrected chi connectivity index (χ2v) is 8.47. The predicted octanol–water partition coefficient (Wildman–Crippen LogP) is 1.92. The van der Waals surface area contributed by atoms with E-state index in [4.69, 9.17) is 14.2 Å². The Kier molecular flexibility index (Phi) is 5.33. The molecule has 3 fully saturated rings. The van der Waals surface area contributed by atoms with Crippen molar-refractivity contribution in [3.8, 4) is 0 Å². The first-order valence-corrected chi connectivity index (χ1v) is 10.4. The van der Waals surface area contributed by atoms with Gasteiger partial charge in [0.1, 0.15) is 6.10 Å². The summed E-state index contributed by atoms with van der Waals surface area (Å²) in [5.41, 5.74) is 0.834. The van der Waals surface area contributed by atoms with E-state index in [1.165, 1.54) is 12.1 Å². The molecule has 1 amide bonds. The second kappa shape index (κ2) is 7.78. The summed E-state index contributed by atoms with van der Waals surface area (Å²) in [7, 11) is 0. The topological polar surface area (TPSA) is 108 Å². The van der Waals surface area contributed by atoms with Gasteiger partial charge in [-0.25, -0.2) is 4.79 Å². The lowest BCUT2D eigenvalue weighted by atomic mass is 9.80. The summed E-state index contributed by atoms with van der Waals surface area (Å²) in [6.45, 7) is 1.54. The van der Waals surface area contributed by atoms with Crippen molar-refractivity contribution in [1.82, 2.24) is 0 Å². The normalized spacial score (nSPS) is 31.3. The summed E-state index contributed by atoms with van der Waals surface area (Å²) >= 11 is 3.54. The van der Waals surface area contributed by atoms with Gasteiger partial charge in [0, 0.05) is 11.6 Å². The van der Waals surface area contributed by atoms with E-state index in [0.29, 0.717) is 11.3 Å². The minimum Gasteiger partial charge on any atom is -0.462 e. The van der Waals surface area contributed by atoms with Crippen LogP contribution in [0.4, 0.5) is 5.69 Å². The Balaban J connectivity index is 1.30. The van der Waals surface area contributed by atoms with Gasteiger partial charge in [0.2, 0.25) is 0 Å². The molecule has 2 bridgehead atoms. The number of nitrogens with one attached hydrogen (secondary N) is 1. The van der Waals surface area contributed by atoms with Crippen molar-refractivity contribution in [3.63, 3.8) is 0 Å². The fraction of sp³-hybridized carbons (Fsp3) is 0.500. The molecule has 1 N–H and O–H groups in total. The van der Waals surface area contributed by atoms with Gasteiger partial charge in [-0.15, -0.1) is 0 Å². The molecule has 4 rings (SSSR count). The number of hydrogen-bond acceptors (Lipinski definition) is 7. The summed E-state index contributed by atoms with van der Waals surface area (Å²) in [4.78, 5) is 48.4. The first-order chi connectivity index (χ1) is 13.9. The van der Waals surface area contributed by atoms with Gasteiger partial charge in [0.15, 0.2) is 6.61 Å². The molecule has 9 heteroatoms. The van der Waals surface area contributed by atoms with Crippen molar-refractivity contribution < 1.29 is 33.4 Å². The molecule has 29 heavy (non-hydrogen) atoms. The Hall–Kier alpha value is -2.42. The number of fused-ring (bicyclic) bond motifs is 1. The molecule has 6 atom stereocenters. The third-order valence-corrected chi connectivity index (χ3v) is 7.02. The van der Waals surface area contributed by atoms with E-state index in [9.17, 15) is 19.2 Å². The molecule has 154 valence electrons. The van der Waals surface area contributed by atoms with E-state index >= 15 is 0 Å². The number of rotatable bonds is 6. The van der Waals surface area contributed by atoms with Crippen LogP contribution in [-0.4, -0.2) is 48.0 Å². The maximum atomic E-state index is 12.6. The van der Waals surface area contributed by atoms with Gasteiger partial charge in [0.05, 0.1) is 28.8 Å². The maximum absolute atomic E-state index is 12.6. The first-order valence-electron chi connectivity index (χ1n) is 9.49. The van der Waals surface area contributed by atoms with Gasteiger partial charge in [-0.1, -0.05) is 15.9 Å². The van der Waals surface area contributed by atoms with Crippen LogP contribution in [0.15, 0.2) is 24.3 Å². The van der Waals surface area contributed by atoms with E-state index in [1.54, 1.807) is 19.1 Å². The Labute approximate surface area is 175 Å². The molecular formula is C20H20BrNO7. The Morgan fingerprint density at radius 3 is 2.59 bits per heavy atom. The zero-order valence-electron chi connectivity index (χ0n) is 15.6. The molecule has 1 aromatic carbocycles. The van der Waals surface area contributed by atoms with Crippen LogP contribution in [-0.2, 0) is 28.6 Å². The highest BCUT2D eigenvalue weighted by Crippen LogP contribution is 2.60. The van der Waals surface area contributed by atoms with Crippen molar-refractivity contribution >= 4 is 45.4 Å². The molecule has 1 heterocycles. The Bertz CT molecular complexity index is 855. The van der Waals surface area contributed by atoms with Crippen molar-refractivity contribution in [3.05, 3.63) is 29.8 Å². The summed E-state index contributed by atoms with van der Waals surface area (Å²) < 4.78 is 15.5. The standard InChI is InChI=1S/C20H20BrNO7/c1-2-27-18(24)9-3-5-10(6-4-9)22-13(23)8-28-19(25)14-11-7-12-15(14)20(26)29-17(12)16(11)21/h3-6,11-12,14-17H,2,7-8H2,1H3,(H,22,23)/t11-,12-,14-,15-,16+,17+/m1/s1. The van der Waals surface area contributed by atoms with Crippen LogP contribution in [0.2, 0.25) is 0 Å². The van der Waals surface area contributed by atoms with Gasteiger partial charge >= 0.3 is 17.9 Å². The van der Waals surface area contributed by atoms with Gasteiger partial charge in [-0.2, -0.15) is 0 Å². The first kappa shape index (κ1) is 19.9. The highest BCUT2D eigenvalue weighted by Gasteiger charge is 2.68. The number of carbonyl (C=O) groups excluding carboxylic acids is 4. The number of hydrogen-bond donors (Lipinski definition) is 1. The van der Waals surface area contributed by atoms with E-state index in [1.807, 2.05) is 0 Å². The highest BCUT2D eigenvalue weighted by molar-refractivity contribution is 9.09. The molecule has 1 saturated heterocycles. The molecule has 0 aromatic heterocycles.